The Balaban J connectivity index is 1.80. The number of pyridine rings is 1. The van der Waals surface area contributed by atoms with E-state index in [1.165, 1.54) is 29.9 Å². The standard InChI is InChI=1S/C19H13ClF3N3O2S/c1-10(14-5-3-7-29-14)24-18(27)15-16(20)26-9-11(13-4-2-6-28-13)8-12(17(26)25-15)19(21,22)23/h2-10H,1H3,(H,24,27). The van der Waals surface area contributed by atoms with Crippen LogP contribution in [0.1, 0.15) is 33.9 Å². The third-order valence-electron chi connectivity index (χ3n) is 4.31. The van der Waals surface area contributed by atoms with Crippen LogP contribution in [-0.2, 0) is 6.18 Å². The van der Waals surface area contributed by atoms with Gasteiger partial charge in [-0.1, -0.05) is 17.7 Å². The van der Waals surface area contributed by atoms with Gasteiger partial charge in [0.2, 0.25) is 0 Å². The minimum absolute atomic E-state index is 0.160. The van der Waals surface area contributed by atoms with Crippen LogP contribution in [0.25, 0.3) is 17.0 Å². The Morgan fingerprint density at radius 3 is 2.76 bits per heavy atom. The molecule has 4 aromatic rings. The minimum atomic E-state index is -4.70. The van der Waals surface area contributed by atoms with Crippen molar-refractivity contribution in [2.75, 3.05) is 0 Å². The van der Waals surface area contributed by atoms with Gasteiger partial charge in [-0.3, -0.25) is 9.20 Å². The maximum atomic E-state index is 13.7. The number of nitrogens with one attached hydrogen (secondary N) is 1. The molecule has 0 bridgehead atoms. The number of thiophene rings is 1. The fourth-order valence-corrected chi connectivity index (χ4v) is 3.91. The van der Waals surface area contributed by atoms with Gasteiger partial charge in [0.05, 0.1) is 17.9 Å². The lowest BCUT2D eigenvalue weighted by atomic mass is 10.1. The second-order valence-electron chi connectivity index (χ2n) is 6.27. The number of amides is 1. The summed E-state index contributed by atoms with van der Waals surface area (Å²) in [4.78, 5) is 17.5. The normalized spacial score (nSPS) is 13.0. The Bertz CT molecular complexity index is 1170. The summed E-state index contributed by atoms with van der Waals surface area (Å²) in [6, 6.07) is 7.36. The highest BCUT2D eigenvalue weighted by Gasteiger charge is 2.36. The Morgan fingerprint density at radius 1 is 1.34 bits per heavy atom. The average molecular weight is 440 g/mol. The lowest BCUT2D eigenvalue weighted by molar-refractivity contribution is -0.136. The molecule has 0 aromatic carbocycles. The highest BCUT2D eigenvalue weighted by molar-refractivity contribution is 7.10. The average Bonchev–Trinajstić information content (AvgIpc) is 3.42. The maximum absolute atomic E-state index is 13.7. The number of carbonyl (C=O) groups excluding carboxylic acids is 1. The molecule has 0 fully saturated rings. The van der Waals surface area contributed by atoms with Crippen molar-refractivity contribution >= 4 is 34.5 Å². The van der Waals surface area contributed by atoms with Crippen molar-refractivity contribution in [3.63, 3.8) is 0 Å². The summed E-state index contributed by atoms with van der Waals surface area (Å²) in [5, 5.41) is 4.36. The van der Waals surface area contributed by atoms with Crippen LogP contribution in [-0.4, -0.2) is 15.3 Å². The fraction of sp³-hybridized carbons (Fsp3) is 0.158. The Morgan fingerprint density at radius 2 is 2.14 bits per heavy atom. The molecule has 1 N–H and O–H groups in total. The number of imidazole rings is 1. The number of alkyl halides is 3. The first-order valence-electron chi connectivity index (χ1n) is 8.42. The molecule has 0 aliphatic carbocycles. The largest absolute Gasteiger partial charge is 0.464 e. The van der Waals surface area contributed by atoms with Gasteiger partial charge in [-0.2, -0.15) is 13.2 Å². The third kappa shape index (κ3) is 3.63. The van der Waals surface area contributed by atoms with Crippen LogP contribution in [0.2, 0.25) is 5.15 Å². The van der Waals surface area contributed by atoms with E-state index in [-0.39, 0.29) is 28.2 Å². The smallest absolute Gasteiger partial charge is 0.420 e. The topological polar surface area (TPSA) is 59.5 Å². The molecule has 10 heteroatoms. The first kappa shape index (κ1) is 19.5. The first-order chi connectivity index (χ1) is 13.8. The molecular formula is C19H13ClF3N3O2S. The summed E-state index contributed by atoms with van der Waals surface area (Å²) in [6.07, 6.45) is -1.98. The first-order valence-corrected chi connectivity index (χ1v) is 9.68. The van der Waals surface area contributed by atoms with Crippen LogP contribution in [0.4, 0.5) is 13.2 Å². The summed E-state index contributed by atoms with van der Waals surface area (Å²) in [7, 11) is 0. The van der Waals surface area contributed by atoms with E-state index in [9.17, 15) is 18.0 Å². The van der Waals surface area contributed by atoms with Crippen molar-refractivity contribution in [1.29, 1.82) is 0 Å². The zero-order chi connectivity index (χ0) is 20.8. The molecule has 4 aromatic heterocycles. The molecule has 0 saturated carbocycles. The van der Waals surface area contributed by atoms with E-state index in [2.05, 4.69) is 10.3 Å². The van der Waals surface area contributed by atoms with E-state index in [1.807, 2.05) is 17.5 Å². The summed E-state index contributed by atoms with van der Waals surface area (Å²) in [5.74, 6) is -0.424. The number of hydrogen-bond acceptors (Lipinski definition) is 4. The van der Waals surface area contributed by atoms with Crippen molar-refractivity contribution in [2.24, 2.45) is 0 Å². The highest BCUT2D eigenvalue weighted by atomic mass is 35.5. The molecule has 1 unspecified atom stereocenters. The van der Waals surface area contributed by atoms with Crippen LogP contribution >= 0.6 is 22.9 Å². The van der Waals surface area contributed by atoms with Crippen LogP contribution < -0.4 is 5.32 Å². The van der Waals surface area contributed by atoms with Gasteiger partial charge in [0.15, 0.2) is 11.3 Å². The summed E-state index contributed by atoms with van der Waals surface area (Å²) in [5.41, 5.74) is -1.59. The van der Waals surface area contributed by atoms with Gasteiger partial charge in [0, 0.05) is 16.6 Å². The number of hydrogen-bond donors (Lipinski definition) is 1. The van der Waals surface area contributed by atoms with Gasteiger partial charge in [-0.05, 0) is 36.6 Å². The molecule has 5 nitrogen and oxygen atoms in total. The molecule has 0 saturated heterocycles. The van der Waals surface area contributed by atoms with E-state index >= 15 is 0 Å². The van der Waals surface area contributed by atoms with Crippen LogP contribution in [0, 0.1) is 0 Å². The van der Waals surface area contributed by atoms with E-state index in [4.69, 9.17) is 16.0 Å². The number of carbonyl (C=O) groups is 1. The fourth-order valence-electron chi connectivity index (χ4n) is 2.92. The van der Waals surface area contributed by atoms with Crippen molar-refractivity contribution in [1.82, 2.24) is 14.7 Å². The van der Waals surface area contributed by atoms with Crippen LogP contribution in [0.5, 0.6) is 0 Å². The van der Waals surface area contributed by atoms with Crippen LogP contribution in [0.15, 0.2) is 52.6 Å². The van der Waals surface area contributed by atoms with Gasteiger partial charge in [-0.25, -0.2) is 4.98 Å². The SMILES string of the molecule is CC(NC(=O)c1nc2c(C(F)(F)F)cc(-c3ccco3)cn2c1Cl)c1cccs1. The zero-order valence-electron chi connectivity index (χ0n) is 14.8. The number of aromatic nitrogens is 2. The number of fused-ring (bicyclic) bond motifs is 1. The van der Waals surface area contributed by atoms with Gasteiger partial charge in [0.1, 0.15) is 10.9 Å². The second-order valence-corrected chi connectivity index (χ2v) is 7.61. The third-order valence-corrected chi connectivity index (χ3v) is 5.72. The number of furan rings is 1. The van der Waals surface area contributed by atoms with Gasteiger partial charge in [0.25, 0.3) is 5.91 Å². The molecule has 29 heavy (non-hydrogen) atoms. The predicted octanol–water partition coefficient (Wildman–Crippen LogP) is 5.82. The second kappa shape index (κ2) is 7.23. The molecule has 150 valence electrons. The number of nitrogens with zero attached hydrogens (tertiary/aromatic N) is 2. The molecule has 0 spiro atoms. The predicted molar refractivity (Wildman–Crippen MR) is 103 cm³/mol. The molecular weight excluding hydrogens is 427 g/mol. The van der Waals surface area contributed by atoms with Crippen molar-refractivity contribution in [3.8, 4) is 11.3 Å². The van der Waals surface area contributed by atoms with Crippen molar-refractivity contribution in [3.05, 3.63) is 69.5 Å². The lowest BCUT2D eigenvalue weighted by Crippen LogP contribution is -2.26. The molecule has 0 aliphatic heterocycles. The van der Waals surface area contributed by atoms with E-state index in [1.54, 1.807) is 13.0 Å². The molecule has 0 aliphatic rings. The Labute approximate surface area is 171 Å². The van der Waals surface area contributed by atoms with Crippen LogP contribution in [0.3, 0.4) is 0 Å². The number of halogens is 4. The molecule has 1 amide bonds. The summed E-state index contributed by atoms with van der Waals surface area (Å²) in [6.45, 7) is 1.77. The summed E-state index contributed by atoms with van der Waals surface area (Å²) < 4.78 is 47.2. The monoisotopic (exact) mass is 439 g/mol. The highest BCUT2D eigenvalue weighted by Crippen LogP contribution is 2.37. The summed E-state index contributed by atoms with van der Waals surface area (Å²) >= 11 is 7.71. The Hall–Kier alpha value is -2.78. The molecule has 0 radical (unpaired) electrons. The van der Waals surface area contributed by atoms with Crippen molar-refractivity contribution in [2.45, 2.75) is 19.1 Å². The number of rotatable bonds is 4. The van der Waals surface area contributed by atoms with E-state index in [0.29, 0.717) is 0 Å². The van der Waals surface area contributed by atoms with Gasteiger partial charge >= 0.3 is 6.18 Å². The van der Waals surface area contributed by atoms with Gasteiger partial charge in [-0.15, -0.1) is 11.3 Å². The quantitative estimate of drug-likeness (QED) is 0.436. The van der Waals surface area contributed by atoms with Crippen molar-refractivity contribution < 1.29 is 22.4 Å². The molecule has 1 atom stereocenters. The molecule has 4 heterocycles. The van der Waals surface area contributed by atoms with E-state index < -0.39 is 23.3 Å². The zero-order valence-corrected chi connectivity index (χ0v) is 16.4. The minimum Gasteiger partial charge on any atom is -0.464 e. The maximum Gasteiger partial charge on any atom is 0.420 e. The van der Waals surface area contributed by atoms with E-state index in [0.717, 1.165) is 15.3 Å². The lowest BCUT2D eigenvalue weighted by Gasteiger charge is -2.10. The Kier molecular flexibility index (Phi) is 4.87. The molecule has 4 rings (SSSR count). The van der Waals surface area contributed by atoms with Gasteiger partial charge < -0.3 is 9.73 Å².